The molecule has 0 spiro atoms. The van der Waals surface area contributed by atoms with E-state index in [1.807, 2.05) is 38.1 Å². The summed E-state index contributed by atoms with van der Waals surface area (Å²) < 4.78 is 29.5. The van der Waals surface area contributed by atoms with Gasteiger partial charge in [0.2, 0.25) is 0 Å². The number of ether oxygens (including phenoxy) is 5. The molecule has 2 amide bonds. The number of hydrogen-bond acceptors (Lipinski definition) is 10. The van der Waals surface area contributed by atoms with Crippen LogP contribution in [0.4, 0.5) is 4.79 Å². The summed E-state index contributed by atoms with van der Waals surface area (Å²) >= 11 is 2.21. The Morgan fingerprint density at radius 3 is 2.48 bits per heavy atom. The molecule has 0 bridgehead atoms. The molecule has 0 aliphatic carbocycles. The highest BCUT2D eigenvalue weighted by Crippen LogP contribution is 2.36. The lowest BCUT2D eigenvalue weighted by Gasteiger charge is -2.28. The first kappa shape index (κ1) is 36.3. The second-order valence-corrected chi connectivity index (χ2v) is 12.3. The molecule has 4 N–H and O–H groups in total. The average molecular weight is 795 g/mol. The Kier molecular flexibility index (Phi) is 12.4. The van der Waals surface area contributed by atoms with E-state index in [2.05, 4.69) is 74.1 Å². The Labute approximate surface area is 303 Å². The number of methoxy groups -OCH3 is 1. The molecular weight excluding hydrogens is 755 g/mol. The van der Waals surface area contributed by atoms with Gasteiger partial charge in [0, 0.05) is 5.70 Å². The van der Waals surface area contributed by atoms with E-state index in [1.54, 1.807) is 31.3 Å². The maximum Gasteiger partial charge on any atom is 0.337 e. The zero-order chi connectivity index (χ0) is 35.6. The zero-order valence-electron chi connectivity index (χ0n) is 28.1. The minimum Gasteiger partial charge on any atom is -0.490 e. The Balaban J connectivity index is 1.21. The number of aliphatic hydroxyl groups is 1. The number of amides is 2. The number of rotatable bonds is 15. The molecule has 0 unspecified atom stereocenters. The number of carbonyl (C=O) groups excluding carboxylic acids is 2. The summed E-state index contributed by atoms with van der Waals surface area (Å²) in [6.45, 7) is 6.37. The minimum absolute atomic E-state index is 0.156. The fourth-order valence-corrected chi connectivity index (χ4v) is 6.15. The summed E-state index contributed by atoms with van der Waals surface area (Å²) in [5.41, 5.74) is 5.71. The number of hydrazone groups is 1. The Bertz CT molecular complexity index is 1910. The van der Waals surface area contributed by atoms with Crippen LogP contribution < -0.4 is 35.0 Å². The number of halogens is 1. The van der Waals surface area contributed by atoms with Gasteiger partial charge in [-0.2, -0.15) is 5.10 Å². The summed E-state index contributed by atoms with van der Waals surface area (Å²) in [5, 5.41) is 22.5. The van der Waals surface area contributed by atoms with Gasteiger partial charge in [0.25, 0.3) is 0 Å². The van der Waals surface area contributed by atoms with Crippen LogP contribution in [-0.2, 0) is 16.1 Å². The van der Waals surface area contributed by atoms with E-state index in [9.17, 15) is 14.7 Å². The molecule has 1 aliphatic rings. The molecule has 4 aromatic rings. The van der Waals surface area contributed by atoms with E-state index in [0.29, 0.717) is 54.1 Å². The van der Waals surface area contributed by atoms with Crippen molar-refractivity contribution in [2.45, 2.75) is 39.6 Å². The third-order valence-corrected chi connectivity index (χ3v) is 8.44. The standard InChI is InChI=1S/C37H39IN4O8/c1-5-47-30-18-27(34-33(36(44)46-4)22(3)40-37(45)41-34)13-14-29(30)49-21-32(43)42-39-19-24-16-28(38)35(31(17-24)48-6-2)50-20-23-11-12-25-9-7-8-10-26(25)15-23/h7-19,32,34,42-43H,5-6,20-21H2,1-4H3,(H2,40,41,45)/b39-19-/t32-,34-/m1/s1. The van der Waals surface area contributed by atoms with Crippen LogP contribution in [0.25, 0.3) is 10.8 Å². The summed E-state index contributed by atoms with van der Waals surface area (Å²) in [6, 6.07) is 22.0. The Morgan fingerprint density at radius 1 is 0.960 bits per heavy atom. The van der Waals surface area contributed by atoms with Crippen molar-refractivity contribution in [3.05, 3.63) is 104 Å². The lowest BCUT2D eigenvalue weighted by atomic mass is 9.95. The Morgan fingerprint density at radius 2 is 1.72 bits per heavy atom. The van der Waals surface area contributed by atoms with Crippen LogP contribution in [0.15, 0.2) is 89.2 Å². The van der Waals surface area contributed by atoms with Crippen LogP contribution in [0.1, 0.15) is 43.5 Å². The summed E-state index contributed by atoms with van der Waals surface area (Å²) in [4.78, 5) is 24.7. The van der Waals surface area contributed by atoms with Gasteiger partial charge in [-0.25, -0.2) is 9.59 Å². The van der Waals surface area contributed by atoms with Crippen LogP contribution in [0, 0.1) is 3.57 Å². The van der Waals surface area contributed by atoms with Crippen LogP contribution in [0.3, 0.4) is 0 Å². The number of fused-ring (bicyclic) bond motifs is 1. The van der Waals surface area contributed by atoms with Gasteiger partial charge in [-0.3, -0.25) is 5.43 Å². The van der Waals surface area contributed by atoms with Crippen LogP contribution >= 0.6 is 22.6 Å². The number of nitrogens with one attached hydrogen (secondary N) is 3. The van der Waals surface area contributed by atoms with Gasteiger partial charge < -0.3 is 39.4 Å². The smallest absolute Gasteiger partial charge is 0.337 e. The number of nitrogens with zero attached hydrogens (tertiary/aromatic N) is 1. The highest BCUT2D eigenvalue weighted by Gasteiger charge is 2.32. The molecule has 0 fully saturated rings. The van der Waals surface area contributed by atoms with E-state index in [1.165, 1.54) is 12.5 Å². The fourth-order valence-electron chi connectivity index (χ4n) is 5.37. The molecule has 0 saturated carbocycles. The topological polar surface area (TPSA) is 149 Å². The third-order valence-electron chi connectivity index (χ3n) is 7.64. The second-order valence-electron chi connectivity index (χ2n) is 11.1. The second kappa shape index (κ2) is 17.1. The van der Waals surface area contributed by atoms with Crippen molar-refractivity contribution < 1.29 is 38.4 Å². The first-order valence-electron chi connectivity index (χ1n) is 16.0. The molecule has 2 atom stereocenters. The molecule has 12 nitrogen and oxygen atoms in total. The average Bonchev–Trinajstić information content (AvgIpc) is 3.10. The van der Waals surface area contributed by atoms with Crippen molar-refractivity contribution in [1.82, 2.24) is 16.1 Å². The molecule has 13 heteroatoms. The minimum atomic E-state index is -1.16. The number of aliphatic hydroxyl groups excluding tert-OH is 1. The number of benzene rings is 4. The quantitative estimate of drug-likeness (QED) is 0.0377. The van der Waals surface area contributed by atoms with Crippen LogP contribution in [-0.4, -0.2) is 56.5 Å². The molecule has 1 heterocycles. The maximum absolute atomic E-state index is 12.5. The number of hydrogen-bond donors (Lipinski definition) is 4. The third kappa shape index (κ3) is 8.95. The van der Waals surface area contributed by atoms with Crippen LogP contribution in [0.5, 0.6) is 23.0 Å². The van der Waals surface area contributed by atoms with Crippen molar-refractivity contribution in [1.29, 1.82) is 0 Å². The fraction of sp³-hybridized carbons (Fsp3) is 0.270. The van der Waals surface area contributed by atoms with Crippen molar-refractivity contribution >= 4 is 51.6 Å². The Hall–Kier alpha value is -5.02. The molecule has 0 saturated heterocycles. The van der Waals surface area contributed by atoms with Gasteiger partial charge in [-0.15, -0.1) is 0 Å². The molecule has 0 radical (unpaired) electrons. The van der Waals surface area contributed by atoms with Crippen LogP contribution in [0.2, 0.25) is 0 Å². The first-order chi connectivity index (χ1) is 24.2. The van der Waals surface area contributed by atoms with E-state index in [0.717, 1.165) is 20.1 Å². The molecular formula is C37H39IN4O8. The maximum atomic E-state index is 12.5. The van der Waals surface area contributed by atoms with Gasteiger partial charge in [-0.1, -0.05) is 42.5 Å². The highest BCUT2D eigenvalue weighted by molar-refractivity contribution is 14.1. The monoisotopic (exact) mass is 794 g/mol. The van der Waals surface area contributed by atoms with E-state index in [-0.39, 0.29) is 12.2 Å². The predicted molar refractivity (Wildman–Crippen MR) is 198 cm³/mol. The number of urea groups is 1. The van der Waals surface area contributed by atoms with E-state index < -0.39 is 24.3 Å². The zero-order valence-corrected chi connectivity index (χ0v) is 30.3. The van der Waals surface area contributed by atoms with E-state index in [4.69, 9.17) is 23.7 Å². The number of carbonyl (C=O) groups is 2. The predicted octanol–water partition coefficient (Wildman–Crippen LogP) is 5.94. The molecule has 262 valence electrons. The van der Waals surface area contributed by atoms with E-state index >= 15 is 0 Å². The lowest BCUT2D eigenvalue weighted by molar-refractivity contribution is -0.136. The van der Waals surface area contributed by atoms with Gasteiger partial charge in [0.05, 0.1) is 41.7 Å². The number of esters is 1. The molecule has 5 rings (SSSR count). The first-order valence-corrected chi connectivity index (χ1v) is 17.1. The van der Waals surface area contributed by atoms with Gasteiger partial charge in [-0.05, 0) is 101 Å². The van der Waals surface area contributed by atoms with Crippen molar-refractivity contribution in [3.8, 4) is 23.0 Å². The largest absolute Gasteiger partial charge is 0.490 e. The van der Waals surface area contributed by atoms with Gasteiger partial charge in [0.1, 0.15) is 13.2 Å². The van der Waals surface area contributed by atoms with Crippen molar-refractivity contribution in [2.24, 2.45) is 5.10 Å². The summed E-state index contributed by atoms with van der Waals surface area (Å²) in [6.07, 6.45) is 0.416. The van der Waals surface area contributed by atoms with Gasteiger partial charge in [0.15, 0.2) is 29.2 Å². The molecule has 0 aromatic heterocycles. The molecule has 50 heavy (non-hydrogen) atoms. The van der Waals surface area contributed by atoms with Crippen molar-refractivity contribution in [2.75, 3.05) is 26.9 Å². The highest BCUT2D eigenvalue weighted by atomic mass is 127. The summed E-state index contributed by atoms with van der Waals surface area (Å²) in [5.74, 6) is 1.39. The SMILES string of the molecule is CCOc1cc([C@H]2NC(=O)NC(C)=C2C(=O)OC)ccc1OC[C@@H](O)N/N=C\c1cc(I)c(OCc2ccc3ccccc3c2)c(OCC)c1. The lowest BCUT2D eigenvalue weighted by Crippen LogP contribution is -2.45. The van der Waals surface area contributed by atoms with Gasteiger partial charge >= 0.3 is 12.0 Å². The molecule has 4 aromatic carbocycles. The number of allylic oxidation sites excluding steroid dienone is 1. The van der Waals surface area contributed by atoms with Crippen molar-refractivity contribution in [3.63, 3.8) is 0 Å². The summed E-state index contributed by atoms with van der Waals surface area (Å²) in [7, 11) is 1.28. The normalized spacial score (nSPS) is 14.9. The molecule has 1 aliphatic heterocycles.